The Labute approximate surface area is 133 Å². The molecule has 0 radical (unpaired) electrons. The van der Waals surface area contributed by atoms with Crippen molar-refractivity contribution in [2.75, 3.05) is 12.4 Å². The van der Waals surface area contributed by atoms with E-state index < -0.39 is 0 Å². The number of anilines is 1. The third kappa shape index (κ3) is 3.47. The molecule has 0 fully saturated rings. The van der Waals surface area contributed by atoms with Crippen LogP contribution in [0.4, 0.5) is 5.69 Å². The minimum Gasteiger partial charge on any atom is -0.495 e. The minimum atomic E-state index is 0.0892. The van der Waals surface area contributed by atoms with Gasteiger partial charge < -0.3 is 10.1 Å². The first-order chi connectivity index (χ1) is 9.51. The Morgan fingerprint density at radius 3 is 2.60 bits per heavy atom. The van der Waals surface area contributed by atoms with Gasteiger partial charge in [0.15, 0.2) is 0 Å². The number of benzene rings is 2. The molecule has 0 heterocycles. The van der Waals surface area contributed by atoms with Crippen molar-refractivity contribution < 1.29 is 4.74 Å². The van der Waals surface area contributed by atoms with Gasteiger partial charge in [-0.15, -0.1) is 0 Å². The Kier molecular flexibility index (Phi) is 4.95. The third-order valence-corrected chi connectivity index (χ3v) is 3.98. The summed E-state index contributed by atoms with van der Waals surface area (Å²) in [6.45, 7) is 4.14. The van der Waals surface area contributed by atoms with Crippen LogP contribution in [0.3, 0.4) is 0 Å². The molecule has 2 nitrogen and oxygen atoms in total. The van der Waals surface area contributed by atoms with Gasteiger partial charge in [-0.2, -0.15) is 0 Å². The average molecular weight is 355 g/mol. The van der Waals surface area contributed by atoms with Crippen molar-refractivity contribution >= 4 is 33.2 Å². The fourth-order valence-corrected chi connectivity index (χ4v) is 2.94. The van der Waals surface area contributed by atoms with E-state index in [2.05, 4.69) is 41.2 Å². The summed E-state index contributed by atoms with van der Waals surface area (Å²) >= 11 is 9.71. The van der Waals surface area contributed by atoms with Gasteiger partial charge in [-0.1, -0.05) is 39.7 Å². The van der Waals surface area contributed by atoms with E-state index in [-0.39, 0.29) is 6.04 Å². The number of halogens is 2. The van der Waals surface area contributed by atoms with E-state index in [0.29, 0.717) is 0 Å². The predicted octanol–water partition coefficient (Wildman–Crippen LogP) is 5.59. The molecule has 0 saturated heterocycles. The summed E-state index contributed by atoms with van der Waals surface area (Å²) in [4.78, 5) is 0. The Morgan fingerprint density at radius 2 is 1.95 bits per heavy atom. The second kappa shape index (κ2) is 6.51. The van der Waals surface area contributed by atoms with E-state index in [1.807, 2.05) is 30.3 Å². The van der Waals surface area contributed by atoms with Crippen LogP contribution in [0.2, 0.25) is 5.02 Å². The van der Waals surface area contributed by atoms with E-state index >= 15 is 0 Å². The fraction of sp³-hybridized carbons (Fsp3) is 0.250. The maximum absolute atomic E-state index is 6.29. The second-order valence-corrected chi connectivity index (χ2v) is 6.06. The molecule has 0 aromatic heterocycles. The van der Waals surface area contributed by atoms with Crippen LogP contribution in [0.5, 0.6) is 5.75 Å². The molecular formula is C16H17BrClNO. The highest BCUT2D eigenvalue weighted by molar-refractivity contribution is 9.10. The smallest absolute Gasteiger partial charge is 0.141 e. The van der Waals surface area contributed by atoms with Crippen LogP contribution in [0, 0.1) is 6.92 Å². The zero-order valence-electron chi connectivity index (χ0n) is 11.7. The second-order valence-electron chi connectivity index (χ2n) is 4.74. The van der Waals surface area contributed by atoms with Crippen molar-refractivity contribution in [2.24, 2.45) is 0 Å². The molecule has 4 heteroatoms. The van der Waals surface area contributed by atoms with Crippen LogP contribution in [0.1, 0.15) is 24.1 Å². The van der Waals surface area contributed by atoms with Crippen molar-refractivity contribution in [1.82, 2.24) is 0 Å². The molecule has 2 aromatic rings. The van der Waals surface area contributed by atoms with Crippen molar-refractivity contribution in [1.29, 1.82) is 0 Å². The lowest BCUT2D eigenvalue weighted by Crippen LogP contribution is -2.08. The highest BCUT2D eigenvalue weighted by Crippen LogP contribution is 2.32. The van der Waals surface area contributed by atoms with E-state index in [4.69, 9.17) is 16.3 Å². The van der Waals surface area contributed by atoms with Gasteiger partial charge in [0.25, 0.3) is 0 Å². The summed E-state index contributed by atoms with van der Waals surface area (Å²) < 4.78 is 6.36. The monoisotopic (exact) mass is 353 g/mol. The van der Waals surface area contributed by atoms with Gasteiger partial charge in [0, 0.05) is 9.50 Å². The standard InChI is InChI=1S/C16H17BrClNO/c1-10-4-7-16(20-3)15(8-10)19-11(2)13-6-5-12(17)9-14(13)18/h4-9,11,19H,1-3H3. The molecule has 1 atom stereocenters. The van der Waals surface area contributed by atoms with Gasteiger partial charge in [0.05, 0.1) is 18.8 Å². The van der Waals surface area contributed by atoms with Gasteiger partial charge in [-0.3, -0.25) is 0 Å². The minimum absolute atomic E-state index is 0.0892. The van der Waals surface area contributed by atoms with E-state index in [9.17, 15) is 0 Å². The normalized spacial score (nSPS) is 12.1. The summed E-state index contributed by atoms with van der Waals surface area (Å²) in [7, 11) is 1.67. The van der Waals surface area contributed by atoms with Crippen LogP contribution in [-0.4, -0.2) is 7.11 Å². The van der Waals surface area contributed by atoms with Crippen molar-refractivity contribution in [2.45, 2.75) is 19.9 Å². The molecule has 0 aliphatic heterocycles. The van der Waals surface area contributed by atoms with Gasteiger partial charge in [0.2, 0.25) is 0 Å². The first-order valence-corrected chi connectivity index (χ1v) is 7.54. The SMILES string of the molecule is COc1ccc(C)cc1NC(C)c1ccc(Br)cc1Cl. The van der Waals surface area contributed by atoms with Gasteiger partial charge in [-0.05, 0) is 49.2 Å². The molecule has 1 unspecified atom stereocenters. The summed E-state index contributed by atoms with van der Waals surface area (Å²) in [5.74, 6) is 0.829. The number of hydrogen-bond donors (Lipinski definition) is 1. The first kappa shape index (κ1) is 15.2. The molecule has 1 N–H and O–H groups in total. The predicted molar refractivity (Wildman–Crippen MR) is 88.9 cm³/mol. The quantitative estimate of drug-likeness (QED) is 0.772. The lowest BCUT2D eigenvalue weighted by Gasteiger charge is -2.19. The molecular weight excluding hydrogens is 338 g/mol. The molecule has 0 aliphatic carbocycles. The van der Waals surface area contributed by atoms with Crippen LogP contribution < -0.4 is 10.1 Å². The van der Waals surface area contributed by atoms with E-state index in [0.717, 1.165) is 26.5 Å². The molecule has 0 amide bonds. The largest absolute Gasteiger partial charge is 0.495 e. The average Bonchev–Trinajstić information content (AvgIpc) is 2.38. The molecule has 0 bridgehead atoms. The van der Waals surface area contributed by atoms with Gasteiger partial charge >= 0.3 is 0 Å². The first-order valence-electron chi connectivity index (χ1n) is 6.37. The van der Waals surface area contributed by atoms with Gasteiger partial charge in [0.1, 0.15) is 5.75 Å². The zero-order chi connectivity index (χ0) is 14.7. The molecule has 0 aliphatic rings. The molecule has 0 saturated carbocycles. The highest BCUT2D eigenvalue weighted by atomic mass is 79.9. The third-order valence-electron chi connectivity index (χ3n) is 3.16. The zero-order valence-corrected chi connectivity index (χ0v) is 14.0. The van der Waals surface area contributed by atoms with E-state index in [1.54, 1.807) is 7.11 Å². The number of methoxy groups -OCH3 is 1. The number of nitrogens with one attached hydrogen (secondary N) is 1. The van der Waals surface area contributed by atoms with Crippen LogP contribution in [0.25, 0.3) is 0 Å². The molecule has 2 aromatic carbocycles. The lowest BCUT2D eigenvalue weighted by molar-refractivity contribution is 0.416. The number of aryl methyl sites for hydroxylation is 1. The van der Waals surface area contributed by atoms with Crippen molar-refractivity contribution in [3.05, 3.63) is 57.0 Å². The molecule has 0 spiro atoms. The maximum Gasteiger partial charge on any atom is 0.141 e. The van der Waals surface area contributed by atoms with Crippen molar-refractivity contribution in [3.63, 3.8) is 0 Å². The number of ether oxygens (including phenoxy) is 1. The fourth-order valence-electron chi connectivity index (χ4n) is 2.10. The Balaban J connectivity index is 2.27. The summed E-state index contributed by atoms with van der Waals surface area (Å²) in [6, 6.07) is 12.1. The molecule has 106 valence electrons. The Morgan fingerprint density at radius 1 is 1.20 bits per heavy atom. The number of rotatable bonds is 4. The topological polar surface area (TPSA) is 21.3 Å². The summed E-state index contributed by atoms with van der Waals surface area (Å²) in [5.41, 5.74) is 3.21. The van der Waals surface area contributed by atoms with Crippen LogP contribution in [-0.2, 0) is 0 Å². The Hall–Kier alpha value is -1.19. The number of hydrogen-bond acceptors (Lipinski definition) is 2. The maximum atomic E-state index is 6.29. The Bertz CT molecular complexity index is 615. The summed E-state index contributed by atoms with van der Waals surface area (Å²) in [6.07, 6.45) is 0. The van der Waals surface area contributed by atoms with E-state index in [1.165, 1.54) is 5.56 Å². The van der Waals surface area contributed by atoms with Crippen LogP contribution >= 0.6 is 27.5 Å². The highest BCUT2D eigenvalue weighted by Gasteiger charge is 2.12. The summed E-state index contributed by atoms with van der Waals surface area (Å²) in [5, 5.41) is 4.20. The van der Waals surface area contributed by atoms with Crippen molar-refractivity contribution in [3.8, 4) is 5.75 Å². The molecule has 2 rings (SSSR count). The lowest BCUT2D eigenvalue weighted by atomic mass is 10.1. The van der Waals surface area contributed by atoms with Crippen LogP contribution in [0.15, 0.2) is 40.9 Å². The molecule has 20 heavy (non-hydrogen) atoms. The van der Waals surface area contributed by atoms with Gasteiger partial charge in [-0.25, -0.2) is 0 Å².